The minimum atomic E-state index is -0.507. The van der Waals surface area contributed by atoms with Crippen molar-refractivity contribution in [3.63, 3.8) is 0 Å². The Morgan fingerprint density at radius 1 is 1.29 bits per heavy atom. The van der Waals surface area contributed by atoms with E-state index in [1.165, 1.54) is 0 Å². The van der Waals surface area contributed by atoms with Crippen LogP contribution in [-0.4, -0.2) is 32.8 Å². The molecule has 1 fully saturated rings. The van der Waals surface area contributed by atoms with Gasteiger partial charge in [-0.3, -0.25) is 4.79 Å². The van der Waals surface area contributed by atoms with Gasteiger partial charge in [0.15, 0.2) is 0 Å². The van der Waals surface area contributed by atoms with Gasteiger partial charge in [-0.15, -0.1) is 0 Å². The highest BCUT2D eigenvalue weighted by Crippen LogP contribution is 2.35. The largest absolute Gasteiger partial charge is 0.381 e. The summed E-state index contributed by atoms with van der Waals surface area (Å²) in [6, 6.07) is 12.1. The molecule has 0 saturated carbocycles. The topological polar surface area (TPSA) is 47.6 Å². The molecule has 128 valence electrons. The van der Waals surface area contributed by atoms with Crippen LogP contribution in [0.1, 0.15) is 30.1 Å². The lowest BCUT2D eigenvalue weighted by molar-refractivity contribution is -0.131. The summed E-state index contributed by atoms with van der Waals surface area (Å²) in [6.07, 6.45) is 1.30. The smallest absolute Gasteiger partial charge is 0.230 e. The molecule has 0 radical (unpaired) electrons. The highest BCUT2D eigenvalue weighted by molar-refractivity contribution is 7.07. The molecular weight excluding hydrogens is 322 g/mol. The normalized spacial score (nSPS) is 18.0. The summed E-state index contributed by atoms with van der Waals surface area (Å²) in [5.74, 6) is 0.0641. The van der Waals surface area contributed by atoms with Crippen LogP contribution in [-0.2, 0) is 19.7 Å². The maximum atomic E-state index is 13.1. The van der Waals surface area contributed by atoms with E-state index in [1.807, 2.05) is 41.8 Å². The van der Waals surface area contributed by atoms with Gasteiger partial charge in [0.05, 0.1) is 5.41 Å². The molecule has 1 aliphatic heterocycles. The Balaban J connectivity index is 1.75. The van der Waals surface area contributed by atoms with Crippen LogP contribution >= 0.6 is 11.3 Å². The van der Waals surface area contributed by atoms with E-state index in [2.05, 4.69) is 10.7 Å². The van der Waals surface area contributed by atoms with E-state index in [0.717, 1.165) is 11.1 Å². The Labute approximate surface area is 146 Å². The average molecular weight is 345 g/mol. The lowest BCUT2D eigenvalue weighted by Gasteiger charge is -2.36. The maximum absolute atomic E-state index is 13.1. The number of ether oxygens (including phenoxy) is 2. The van der Waals surface area contributed by atoms with E-state index < -0.39 is 5.41 Å². The van der Waals surface area contributed by atoms with Crippen molar-refractivity contribution in [2.45, 2.75) is 24.4 Å². The molecule has 1 aliphatic rings. The Bertz CT molecular complexity index is 636. The third-order valence-corrected chi connectivity index (χ3v) is 5.46. The fourth-order valence-electron chi connectivity index (χ4n) is 3.27. The highest BCUT2D eigenvalue weighted by Gasteiger charge is 2.41. The van der Waals surface area contributed by atoms with Gasteiger partial charge in [-0.25, -0.2) is 0 Å². The van der Waals surface area contributed by atoms with Crippen LogP contribution in [0.2, 0.25) is 0 Å². The van der Waals surface area contributed by atoms with Crippen molar-refractivity contribution in [2.75, 3.05) is 26.9 Å². The van der Waals surface area contributed by atoms with Crippen LogP contribution in [0.15, 0.2) is 47.2 Å². The molecule has 1 saturated heterocycles. The predicted molar refractivity (Wildman–Crippen MR) is 95.3 cm³/mol. The summed E-state index contributed by atoms with van der Waals surface area (Å²) in [5, 5.41) is 7.19. The number of methoxy groups -OCH3 is 1. The lowest BCUT2D eigenvalue weighted by Crippen LogP contribution is -2.49. The van der Waals surface area contributed by atoms with Crippen LogP contribution in [0.25, 0.3) is 0 Å². The van der Waals surface area contributed by atoms with Gasteiger partial charge in [0.2, 0.25) is 5.91 Å². The zero-order valence-corrected chi connectivity index (χ0v) is 14.7. The number of carbonyl (C=O) groups excluding carboxylic acids is 1. The van der Waals surface area contributed by atoms with Crippen molar-refractivity contribution in [3.8, 4) is 0 Å². The molecule has 3 rings (SSSR count). The number of benzene rings is 1. The molecule has 24 heavy (non-hydrogen) atoms. The van der Waals surface area contributed by atoms with Crippen LogP contribution < -0.4 is 5.32 Å². The quantitative estimate of drug-likeness (QED) is 0.874. The fraction of sp³-hybridized carbons (Fsp3) is 0.421. The molecule has 0 aliphatic carbocycles. The van der Waals surface area contributed by atoms with Gasteiger partial charge in [0.1, 0.15) is 6.10 Å². The number of carbonyl (C=O) groups is 1. The molecule has 1 N–H and O–H groups in total. The van der Waals surface area contributed by atoms with Gasteiger partial charge in [-0.2, -0.15) is 11.3 Å². The third kappa shape index (κ3) is 3.53. The molecule has 4 nitrogen and oxygen atoms in total. The number of hydrogen-bond donors (Lipinski definition) is 1. The first kappa shape index (κ1) is 17.1. The first-order chi connectivity index (χ1) is 11.8. The Kier molecular flexibility index (Phi) is 5.66. The number of amides is 1. The molecule has 1 amide bonds. The Hall–Kier alpha value is -1.69. The van der Waals surface area contributed by atoms with Crippen molar-refractivity contribution in [1.82, 2.24) is 5.32 Å². The SMILES string of the molecule is COC(CNC(=O)C1(c2ccccc2)CCOCC1)c1ccsc1. The second-order valence-corrected chi connectivity index (χ2v) is 6.83. The number of thiophene rings is 1. The average Bonchev–Trinajstić information content (AvgIpc) is 3.18. The summed E-state index contributed by atoms with van der Waals surface area (Å²) in [7, 11) is 1.68. The predicted octanol–water partition coefficient (Wildman–Crippen LogP) is 3.30. The number of nitrogens with one attached hydrogen (secondary N) is 1. The fourth-order valence-corrected chi connectivity index (χ4v) is 3.98. The molecule has 2 aromatic rings. The molecule has 5 heteroatoms. The number of rotatable bonds is 6. The van der Waals surface area contributed by atoms with E-state index in [-0.39, 0.29) is 12.0 Å². The molecule has 1 atom stereocenters. The molecule has 1 unspecified atom stereocenters. The van der Waals surface area contributed by atoms with Gasteiger partial charge >= 0.3 is 0 Å². The summed E-state index contributed by atoms with van der Waals surface area (Å²) in [4.78, 5) is 13.1. The van der Waals surface area contributed by atoms with E-state index in [9.17, 15) is 4.79 Å². The van der Waals surface area contributed by atoms with Gasteiger partial charge in [-0.05, 0) is 40.8 Å². The molecule has 0 bridgehead atoms. The van der Waals surface area contributed by atoms with Crippen molar-refractivity contribution in [3.05, 3.63) is 58.3 Å². The third-order valence-electron chi connectivity index (χ3n) is 4.75. The zero-order chi connectivity index (χ0) is 16.8. The molecule has 1 aromatic heterocycles. The van der Waals surface area contributed by atoms with Crippen LogP contribution in [0.3, 0.4) is 0 Å². The maximum Gasteiger partial charge on any atom is 0.230 e. The minimum Gasteiger partial charge on any atom is -0.381 e. The van der Waals surface area contributed by atoms with E-state index in [4.69, 9.17) is 9.47 Å². The second kappa shape index (κ2) is 7.92. The second-order valence-electron chi connectivity index (χ2n) is 6.05. The molecule has 0 spiro atoms. The standard InChI is InChI=1S/C19H23NO3S/c1-22-17(15-7-12-24-14-15)13-20-18(21)19(8-10-23-11-9-19)16-5-3-2-4-6-16/h2-7,12,14,17H,8-11,13H2,1H3,(H,20,21). The van der Waals surface area contributed by atoms with E-state index in [0.29, 0.717) is 32.6 Å². The summed E-state index contributed by atoms with van der Waals surface area (Å²) in [5.41, 5.74) is 1.66. The van der Waals surface area contributed by atoms with Crippen LogP contribution in [0, 0.1) is 0 Å². The highest BCUT2D eigenvalue weighted by atomic mass is 32.1. The molecule has 1 aromatic carbocycles. The van der Waals surface area contributed by atoms with Crippen molar-refractivity contribution in [2.24, 2.45) is 0 Å². The van der Waals surface area contributed by atoms with Crippen molar-refractivity contribution in [1.29, 1.82) is 0 Å². The monoisotopic (exact) mass is 345 g/mol. The minimum absolute atomic E-state index is 0.0641. The Morgan fingerprint density at radius 2 is 2.04 bits per heavy atom. The van der Waals surface area contributed by atoms with Crippen LogP contribution in [0.4, 0.5) is 0 Å². The summed E-state index contributed by atoms with van der Waals surface area (Å²) in [6.45, 7) is 1.70. The molecule has 2 heterocycles. The first-order valence-corrected chi connectivity index (χ1v) is 9.17. The van der Waals surface area contributed by atoms with E-state index >= 15 is 0 Å². The number of hydrogen-bond acceptors (Lipinski definition) is 4. The summed E-state index contributed by atoms with van der Waals surface area (Å²) < 4.78 is 11.0. The van der Waals surface area contributed by atoms with Crippen molar-refractivity contribution < 1.29 is 14.3 Å². The van der Waals surface area contributed by atoms with Crippen LogP contribution in [0.5, 0.6) is 0 Å². The molecular formula is C19H23NO3S. The zero-order valence-electron chi connectivity index (χ0n) is 13.9. The lowest BCUT2D eigenvalue weighted by atomic mass is 9.73. The van der Waals surface area contributed by atoms with Crippen molar-refractivity contribution >= 4 is 17.2 Å². The van der Waals surface area contributed by atoms with Gasteiger partial charge in [0, 0.05) is 26.9 Å². The first-order valence-electron chi connectivity index (χ1n) is 8.23. The van der Waals surface area contributed by atoms with Gasteiger partial charge < -0.3 is 14.8 Å². The van der Waals surface area contributed by atoms with Gasteiger partial charge in [-0.1, -0.05) is 30.3 Å². The van der Waals surface area contributed by atoms with E-state index in [1.54, 1.807) is 18.4 Å². The Morgan fingerprint density at radius 3 is 2.67 bits per heavy atom. The summed E-state index contributed by atoms with van der Waals surface area (Å²) >= 11 is 1.63. The van der Waals surface area contributed by atoms with Gasteiger partial charge in [0.25, 0.3) is 0 Å².